The Morgan fingerprint density at radius 2 is 1.71 bits per heavy atom. The first-order valence-corrected chi connectivity index (χ1v) is 9.20. The normalized spacial score (nSPS) is 10.2. The first-order valence-electron chi connectivity index (χ1n) is 8.39. The minimum Gasteiger partial charge on any atom is -0.494 e. The number of hydrogen-bond donors (Lipinski definition) is 1. The number of methoxy groups -OCH3 is 2. The Kier molecular flexibility index (Phi) is 7.82. The number of esters is 3. The summed E-state index contributed by atoms with van der Waals surface area (Å²) in [6.07, 6.45) is 0.570. The highest BCUT2D eigenvalue weighted by atomic mass is 32.1. The van der Waals surface area contributed by atoms with Crippen molar-refractivity contribution in [2.45, 2.75) is 19.4 Å². The second kappa shape index (κ2) is 10.3. The number of rotatable bonds is 9. The van der Waals surface area contributed by atoms with E-state index in [4.69, 9.17) is 24.7 Å². The molecule has 0 atom stereocenters. The Hall–Kier alpha value is -3.07. The van der Waals surface area contributed by atoms with E-state index in [-0.39, 0.29) is 34.0 Å². The van der Waals surface area contributed by atoms with Gasteiger partial charge in [0.15, 0.2) is 0 Å². The lowest BCUT2D eigenvalue weighted by molar-refractivity contribution is -0.145. The predicted molar refractivity (Wildman–Crippen MR) is 102 cm³/mol. The van der Waals surface area contributed by atoms with Gasteiger partial charge in [0.05, 0.1) is 20.8 Å². The molecule has 1 aromatic carbocycles. The number of hydrogen-bond acceptors (Lipinski definition) is 9. The molecule has 2 aromatic rings. The van der Waals surface area contributed by atoms with E-state index in [1.54, 1.807) is 0 Å². The molecule has 150 valence electrons. The number of anilines is 1. The van der Waals surface area contributed by atoms with Crippen LogP contribution in [0.1, 0.15) is 38.4 Å². The van der Waals surface area contributed by atoms with Gasteiger partial charge in [-0.25, -0.2) is 9.59 Å². The fraction of sp³-hybridized carbons (Fsp3) is 0.316. The molecule has 0 spiro atoms. The molecule has 2 N–H and O–H groups in total. The first kappa shape index (κ1) is 21.2. The molecule has 1 heterocycles. The number of benzene rings is 1. The van der Waals surface area contributed by atoms with Gasteiger partial charge in [-0.15, -0.1) is 11.3 Å². The van der Waals surface area contributed by atoms with Gasteiger partial charge in [-0.2, -0.15) is 0 Å². The second-order valence-electron chi connectivity index (χ2n) is 5.56. The van der Waals surface area contributed by atoms with Crippen molar-refractivity contribution >= 4 is 34.2 Å². The number of nitrogens with two attached hydrogens (primary N) is 1. The molecule has 0 amide bonds. The third-order valence-corrected chi connectivity index (χ3v) is 4.75. The monoisotopic (exact) mass is 407 g/mol. The third-order valence-electron chi connectivity index (χ3n) is 3.71. The lowest BCUT2D eigenvalue weighted by Gasteiger charge is -2.08. The minimum atomic E-state index is -0.716. The zero-order valence-corrected chi connectivity index (χ0v) is 16.4. The SMILES string of the molecule is COC(=O)c1sc(N)c(C(=O)OC)c1COC(=O)CCCOc1ccccc1. The number of ether oxygens (including phenoxy) is 4. The second-order valence-corrected chi connectivity index (χ2v) is 6.61. The summed E-state index contributed by atoms with van der Waals surface area (Å²) < 4.78 is 20.1. The smallest absolute Gasteiger partial charge is 0.348 e. The molecule has 0 aliphatic heterocycles. The van der Waals surface area contributed by atoms with E-state index in [1.807, 2.05) is 30.3 Å². The lowest BCUT2D eigenvalue weighted by Crippen LogP contribution is -2.13. The Balaban J connectivity index is 1.94. The molecule has 0 bridgehead atoms. The van der Waals surface area contributed by atoms with Crippen molar-refractivity contribution in [3.63, 3.8) is 0 Å². The van der Waals surface area contributed by atoms with E-state index in [0.29, 0.717) is 13.0 Å². The zero-order chi connectivity index (χ0) is 20.5. The van der Waals surface area contributed by atoms with Crippen LogP contribution in [0.15, 0.2) is 30.3 Å². The van der Waals surface area contributed by atoms with E-state index in [1.165, 1.54) is 14.2 Å². The molecule has 8 nitrogen and oxygen atoms in total. The van der Waals surface area contributed by atoms with Crippen LogP contribution in [-0.2, 0) is 25.6 Å². The van der Waals surface area contributed by atoms with E-state index in [2.05, 4.69) is 0 Å². The number of nitrogen functional groups attached to an aromatic ring is 1. The van der Waals surface area contributed by atoms with Gasteiger partial charge in [0.25, 0.3) is 0 Å². The van der Waals surface area contributed by atoms with Gasteiger partial charge >= 0.3 is 17.9 Å². The van der Waals surface area contributed by atoms with Crippen LogP contribution < -0.4 is 10.5 Å². The molecule has 9 heteroatoms. The van der Waals surface area contributed by atoms with Crippen LogP contribution in [0.25, 0.3) is 0 Å². The molecule has 0 unspecified atom stereocenters. The maximum Gasteiger partial charge on any atom is 0.348 e. The van der Waals surface area contributed by atoms with Gasteiger partial charge in [-0.05, 0) is 18.6 Å². The minimum absolute atomic E-state index is 0.00751. The molecule has 28 heavy (non-hydrogen) atoms. The summed E-state index contributed by atoms with van der Waals surface area (Å²) >= 11 is 0.879. The summed E-state index contributed by atoms with van der Waals surface area (Å²) in [7, 11) is 2.40. The van der Waals surface area contributed by atoms with Gasteiger partial charge < -0.3 is 24.7 Å². The summed E-state index contributed by atoms with van der Waals surface area (Å²) in [6, 6.07) is 9.23. The van der Waals surface area contributed by atoms with Crippen LogP contribution in [0.5, 0.6) is 5.75 Å². The average Bonchev–Trinajstić information content (AvgIpc) is 3.05. The number of carbonyl (C=O) groups is 3. The van der Waals surface area contributed by atoms with Crippen molar-refractivity contribution in [3.05, 3.63) is 46.3 Å². The van der Waals surface area contributed by atoms with Gasteiger partial charge in [-0.3, -0.25) is 4.79 Å². The molecule has 2 rings (SSSR count). The molecule has 0 aliphatic carbocycles. The summed E-state index contributed by atoms with van der Waals surface area (Å²) in [5, 5.41) is 0.0922. The standard InChI is InChI=1S/C19H21NO7S/c1-24-18(22)15-13(16(19(23)25-2)28-17(15)20)11-27-14(21)9-6-10-26-12-7-4-3-5-8-12/h3-5,7-8H,6,9-11,20H2,1-2H3. The fourth-order valence-corrected chi connectivity index (χ4v) is 3.33. The van der Waals surface area contributed by atoms with Crippen LogP contribution in [0, 0.1) is 0 Å². The fourth-order valence-electron chi connectivity index (χ4n) is 2.35. The Bertz CT molecular complexity index is 832. The van der Waals surface area contributed by atoms with Gasteiger partial charge in [-0.1, -0.05) is 18.2 Å². The lowest BCUT2D eigenvalue weighted by atomic mass is 10.1. The van der Waals surface area contributed by atoms with Gasteiger partial charge in [0.2, 0.25) is 0 Å². The molecular formula is C19H21NO7S. The van der Waals surface area contributed by atoms with Gasteiger partial charge in [0, 0.05) is 12.0 Å². The summed E-state index contributed by atoms with van der Waals surface area (Å²) in [4.78, 5) is 36.0. The number of thiophene rings is 1. The Morgan fingerprint density at radius 1 is 1.04 bits per heavy atom. The highest BCUT2D eigenvalue weighted by Crippen LogP contribution is 2.33. The van der Waals surface area contributed by atoms with Crippen LogP contribution >= 0.6 is 11.3 Å². The van der Waals surface area contributed by atoms with Crippen LogP contribution in [-0.4, -0.2) is 38.7 Å². The van der Waals surface area contributed by atoms with Crippen molar-refractivity contribution in [1.29, 1.82) is 0 Å². The molecule has 0 saturated heterocycles. The molecule has 0 radical (unpaired) electrons. The molecule has 0 saturated carbocycles. The van der Waals surface area contributed by atoms with Crippen LogP contribution in [0.4, 0.5) is 5.00 Å². The van der Waals surface area contributed by atoms with Crippen LogP contribution in [0.3, 0.4) is 0 Å². The van der Waals surface area contributed by atoms with Crippen molar-refractivity contribution in [3.8, 4) is 5.75 Å². The van der Waals surface area contributed by atoms with E-state index < -0.39 is 17.9 Å². The highest BCUT2D eigenvalue weighted by Gasteiger charge is 2.27. The quantitative estimate of drug-likeness (QED) is 0.383. The summed E-state index contributed by atoms with van der Waals surface area (Å²) in [6.45, 7) is 0.0618. The number of carbonyl (C=O) groups excluding carboxylic acids is 3. The van der Waals surface area contributed by atoms with Crippen LogP contribution in [0.2, 0.25) is 0 Å². The van der Waals surface area contributed by atoms with Crippen molar-refractivity contribution in [2.75, 3.05) is 26.6 Å². The maximum absolute atomic E-state index is 12.0. The third kappa shape index (κ3) is 5.46. The molecular weight excluding hydrogens is 386 g/mol. The zero-order valence-electron chi connectivity index (χ0n) is 15.6. The maximum atomic E-state index is 12.0. The summed E-state index contributed by atoms with van der Waals surface area (Å²) in [5.74, 6) is -1.16. The number of para-hydroxylation sites is 1. The van der Waals surface area contributed by atoms with Crippen molar-refractivity contribution in [2.24, 2.45) is 0 Å². The topological polar surface area (TPSA) is 114 Å². The van der Waals surface area contributed by atoms with Gasteiger partial charge in [0.1, 0.15) is 27.8 Å². The Labute approximate surface area is 166 Å². The average molecular weight is 407 g/mol. The van der Waals surface area contributed by atoms with Crippen molar-refractivity contribution in [1.82, 2.24) is 0 Å². The summed E-state index contributed by atoms with van der Waals surface area (Å²) in [5.41, 5.74) is 6.01. The molecule has 1 aromatic heterocycles. The highest BCUT2D eigenvalue weighted by molar-refractivity contribution is 7.18. The molecule has 0 fully saturated rings. The van der Waals surface area contributed by atoms with E-state index in [0.717, 1.165) is 17.1 Å². The predicted octanol–water partition coefficient (Wildman–Crippen LogP) is 2.81. The Morgan fingerprint density at radius 3 is 2.36 bits per heavy atom. The van der Waals surface area contributed by atoms with E-state index >= 15 is 0 Å². The largest absolute Gasteiger partial charge is 0.494 e. The molecule has 0 aliphatic rings. The van der Waals surface area contributed by atoms with Crippen molar-refractivity contribution < 1.29 is 33.3 Å². The first-order chi connectivity index (χ1) is 13.5. The van der Waals surface area contributed by atoms with E-state index in [9.17, 15) is 14.4 Å².